The first-order chi connectivity index (χ1) is 12.0. The highest BCUT2D eigenvalue weighted by molar-refractivity contribution is 5.75. The van der Waals surface area contributed by atoms with Crippen LogP contribution >= 0.6 is 0 Å². The number of amides is 2. The molecule has 2 rings (SSSR count). The maximum Gasteiger partial charge on any atom is 0.416 e. The molecular weight excluding hydrogens is 349 g/mol. The summed E-state index contributed by atoms with van der Waals surface area (Å²) < 4.78 is 38.0. The van der Waals surface area contributed by atoms with Crippen LogP contribution in [0.25, 0.3) is 0 Å². The second-order valence-electron chi connectivity index (χ2n) is 7.22. The van der Waals surface area contributed by atoms with Crippen molar-refractivity contribution in [1.82, 2.24) is 10.2 Å². The lowest BCUT2D eigenvalue weighted by atomic mass is 9.84. The molecular formula is C18H23F3N2O3. The Kier molecular flexibility index (Phi) is 5.83. The molecule has 144 valence electrons. The van der Waals surface area contributed by atoms with Crippen molar-refractivity contribution in [2.45, 2.75) is 38.3 Å². The van der Waals surface area contributed by atoms with E-state index in [0.29, 0.717) is 31.5 Å². The summed E-state index contributed by atoms with van der Waals surface area (Å²) in [5.41, 5.74) is -0.558. The van der Waals surface area contributed by atoms with Gasteiger partial charge in [-0.2, -0.15) is 13.2 Å². The second kappa shape index (κ2) is 7.55. The van der Waals surface area contributed by atoms with Crippen LogP contribution in [0, 0.1) is 5.92 Å². The summed E-state index contributed by atoms with van der Waals surface area (Å²) in [5.74, 6) is -1.25. The summed E-state index contributed by atoms with van der Waals surface area (Å²) in [7, 11) is 0. The number of carboxylic acid groups (broad SMARTS) is 1. The van der Waals surface area contributed by atoms with Crippen molar-refractivity contribution in [3.05, 3.63) is 35.4 Å². The number of carbonyl (C=O) groups is 2. The molecule has 1 aliphatic rings. The van der Waals surface area contributed by atoms with E-state index in [0.717, 1.165) is 12.1 Å². The number of halogens is 3. The Morgan fingerprint density at radius 2 is 1.62 bits per heavy atom. The molecule has 26 heavy (non-hydrogen) atoms. The Bertz CT molecular complexity index is 649. The van der Waals surface area contributed by atoms with Crippen LogP contribution in [0.1, 0.15) is 37.8 Å². The van der Waals surface area contributed by atoms with Gasteiger partial charge in [0.15, 0.2) is 0 Å². The van der Waals surface area contributed by atoms with E-state index in [-0.39, 0.29) is 12.6 Å². The maximum absolute atomic E-state index is 12.7. The summed E-state index contributed by atoms with van der Waals surface area (Å²) in [6, 6.07) is 4.64. The molecule has 0 aliphatic carbocycles. The Balaban J connectivity index is 1.91. The predicted molar refractivity (Wildman–Crippen MR) is 89.8 cm³/mol. The summed E-state index contributed by atoms with van der Waals surface area (Å²) >= 11 is 0. The van der Waals surface area contributed by atoms with Crippen LogP contribution in [0.3, 0.4) is 0 Å². The smallest absolute Gasteiger partial charge is 0.416 e. The lowest BCUT2D eigenvalue weighted by molar-refractivity contribution is -0.143. The topological polar surface area (TPSA) is 69.6 Å². The molecule has 0 atom stereocenters. The lowest BCUT2D eigenvalue weighted by Crippen LogP contribution is -2.48. The van der Waals surface area contributed by atoms with Crippen LogP contribution in [-0.4, -0.2) is 41.6 Å². The van der Waals surface area contributed by atoms with E-state index in [9.17, 15) is 22.8 Å². The van der Waals surface area contributed by atoms with E-state index in [1.165, 1.54) is 12.1 Å². The van der Waals surface area contributed by atoms with E-state index in [2.05, 4.69) is 5.32 Å². The van der Waals surface area contributed by atoms with Gasteiger partial charge in [0.25, 0.3) is 0 Å². The summed E-state index contributed by atoms with van der Waals surface area (Å²) in [6.07, 6.45) is -3.53. The lowest BCUT2D eigenvalue weighted by Gasteiger charge is -2.32. The first-order valence-corrected chi connectivity index (χ1v) is 8.44. The number of hydrogen-bond acceptors (Lipinski definition) is 2. The molecule has 1 saturated heterocycles. The van der Waals surface area contributed by atoms with E-state index in [4.69, 9.17) is 5.11 Å². The second-order valence-corrected chi connectivity index (χ2v) is 7.22. The van der Waals surface area contributed by atoms with Gasteiger partial charge in [-0.05, 0) is 30.5 Å². The van der Waals surface area contributed by atoms with Gasteiger partial charge in [0.2, 0.25) is 0 Å². The molecule has 0 spiro atoms. The Morgan fingerprint density at radius 3 is 2.08 bits per heavy atom. The zero-order valence-electron chi connectivity index (χ0n) is 14.8. The minimum atomic E-state index is -4.38. The number of urea groups is 1. The average molecular weight is 372 g/mol. The average Bonchev–Trinajstić information content (AvgIpc) is 2.59. The monoisotopic (exact) mass is 372 g/mol. The molecule has 0 bridgehead atoms. The SMILES string of the molecule is CC(C)(CNC(=O)N1CCC(C(=O)O)CC1)c1ccc(C(F)(F)F)cc1. The van der Waals surface area contributed by atoms with E-state index < -0.39 is 29.0 Å². The normalized spacial score (nSPS) is 16.4. The summed E-state index contributed by atoms with van der Waals surface area (Å²) in [6.45, 7) is 4.70. The molecule has 0 unspecified atom stereocenters. The quantitative estimate of drug-likeness (QED) is 0.850. The van der Waals surface area contributed by atoms with Crippen molar-refractivity contribution >= 4 is 12.0 Å². The summed E-state index contributed by atoms with van der Waals surface area (Å²) in [4.78, 5) is 24.8. The van der Waals surface area contributed by atoms with Crippen LogP contribution < -0.4 is 5.32 Å². The van der Waals surface area contributed by atoms with Gasteiger partial charge in [-0.3, -0.25) is 4.79 Å². The Hall–Kier alpha value is -2.25. The predicted octanol–water partition coefficient (Wildman–Crippen LogP) is 3.49. The molecule has 2 N–H and O–H groups in total. The first kappa shape index (κ1) is 20.1. The minimum absolute atomic E-state index is 0.260. The van der Waals surface area contributed by atoms with Crippen LogP contribution in [-0.2, 0) is 16.4 Å². The number of hydrogen-bond donors (Lipinski definition) is 2. The third-order valence-electron chi connectivity index (χ3n) is 4.81. The number of nitrogens with zero attached hydrogens (tertiary/aromatic N) is 1. The number of alkyl halides is 3. The molecule has 1 aromatic carbocycles. The molecule has 8 heteroatoms. The maximum atomic E-state index is 12.7. The molecule has 1 fully saturated rings. The van der Waals surface area contributed by atoms with E-state index in [1.807, 2.05) is 13.8 Å². The number of carboxylic acids is 1. The zero-order valence-corrected chi connectivity index (χ0v) is 14.8. The fourth-order valence-corrected chi connectivity index (χ4v) is 2.95. The van der Waals surface area contributed by atoms with Gasteiger partial charge in [0, 0.05) is 25.0 Å². The Labute approximate surface area is 150 Å². The number of aliphatic carboxylic acids is 1. The van der Waals surface area contributed by atoms with Gasteiger partial charge in [-0.1, -0.05) is 26.0 Å². The van der Waals surface area contributed by atoms with Crippen molar-refractivity contribution in [3.8, 4) is 0 Å². The Morgan fingerprint density at radius 1 is 1.12 bits per heavy atom. The van der Waals surface area contributed by atoms with Gasteiger partial charge in [-0.25, -0.2) is 4.79 Å². The fourth-order valence-electron chi connectivity index (χ4n) is 2.95. The van der Waals surface area contributed by atoms with Gasteiger partial charge in [0.1, 0.15) is 0 Å². The standard InChI is InChI=1S/C18H23F3N2O3/c1-17(2,13-3-5-14(6-4-13)18(19,20)21)11-22-16(26)23-9-7-12(8-10-23)15(24)25/h3-6,12H,7-11H2,1-2H3,(H,22,26)(H,24,25). The molecule has 0 radical (unpaired) electrons. The molecule has 1 aliphatic heterocycles. The highest BCUT2D eigenvalue weighted by Gasteiger charge is 2.31. The largest absolute Gasteiger partial charge is 0.481 e. The van der Waals surface area contributed by atoms with Gasteiger partial charge in [-0.15, -0.1) is 0 Å². The molecule has 0 saturated carbocycles. The van der Waals surface area contributed by atoms with Crippen LogP contribution in [0.5, 0.6) is 0 Å². The fraction of sp³-hybridized carbons (Fsp3) is 0.556. The van der Waals surface area contributed by atoms with Gasteiger partial charge >= 0.3 is 18.2 Å². The van der Waals surface area contributed by atoms with Crippen molar-refractivity contribution in [2.75, 3.05) is 19.6 Å². The molecule has 1 aromatic rings. The van der Waals surface area contributed by atoms with Crippen LogP contribution in [0.15, 0.2) is 24.3 Å². The third kappa shape index (κ3) is 4.89. The van der Waals surface area contributed by atoms with Gasteiger partial charge in [0.05, 0.1) is 11.5 Å². The molecule has 1 heterocycles. The highest BCUT2D eigenvalue weighted by Crippen LogP contribution is 2.31. The number of likely N-dealkylation sites (tertiary alicyclic amines) is 1. The van der Waals surface area contributed by atoms with E-state index >= 15 is 0 Å². The first-order valence-electron chi connectivity index (χ1n) is 8.44. The van der Waals surface area contributed by atoms with Crippen molar-refractivity contribution < 1.29 is 27.9 Å². The van der Waals surface area contributed by atoms with Crippen LogP contribution in [0.2, 0.25) is 0 Å². The number of rotatable bonds is 4. The third-order valence-corrected chi connectivity index (χ3v) is 4.81. The van der Waals surface area contributed by atoms with Gasteiger partial charge < -0.3 is 15.3 Å². The van der Waals surface area contributed by atoms with Crippen molar-refractivity contribution in [3.63, 3.8) is 0 Å². The van der Waals surface area contributed by atoms with Crippen LogP contribution in [0.4, 0.5) is 18.0 Å². The molecule has 0 aromatic heterocycles. The number of benzene rings is 1. The summed E-state index contributed by atoms with van der Waals surface area (Å²) in [5, 5.41) is 11.8. The molecule has 2 amide bonds. The number of piperidine rings is 1. The van der Waals surface area contributed by atoms with E-state index in [1.54, 1.807) is 4.90 Å². The van der Waals surface area contributed by atoms with Crippen molar-refractivity contribution in [2.24, 2.45) is 5.92 Å². The number of carbonyl (C=O) groups excluding carboxylic acids is 1. The zero-order chi connectivity index (χ0) is 19.5. The van der Waals surface area contributed by atoms with Crippen molar-refractivity contribution in [1.29, 1.82) is 0 Å². The highest BCUT2D eigenvalue weighted by atomic mass is 19.4. The minimum Gasteiger partial charge on any atom is -0.481 e. The number of nitrogens with one attached hydrogen (secondary N) is 1. The molecule has 5 nitrogen and oxygen atoms in total.